The van der Waals surface area contributed by atoms with Crippen molar-refractivity contribution in [2.45, 2.75) is 93.4 Å². The van der Waals surface area contributed by atoms with Crippen LogP contribution < -0.4 is 10.6 Å². The number of carbonyl (C=O) groups excluding carboxylic acids is 1. The highest BCUT2D eigenvalue weighted by Gasteiger charge is 2.23. The maximum absolute atomic E-state index is 14.5. The van der Waals surface area contributed by atoms with Crippen LogP contribution in [0.4, 0.5) is 14.5 Å². The summed E-state index contributed by atoms with van der Waals surface area (Å²) in [4.78, 5) is 22.2. The van der Waals surface area contributed by atoms with Gasteiger partial charge in [-0.05, 0) is 106 Å². The molecule has 2 aromatic carbocycles. The molecule has 1 aliphatic carbocycles. The zero-order valence-corrected chi connectivity index (χ0v) is 27.6. The normalized spacial score (nSPS) is 18.9. The summed E-state index contributed by atoms with van der Waals surface area (Å²) in [6, 6.07) is 8.81. The molecule has 1 fully saturated rings. The van der Waals surface area contributed by atoms with E-state index in [4.69, 9.17) is 0 Å². The van der Waals surface area contributed by atoms with Crippen molar-refractivity contribution in [2.75, 3.05) is 11.9 Å². The van der Waals surface area contributed by atoms with Gasteiger partial charge in [0.15, 0.2) is 17.5 Å². The molecule has 1 amide bonds. The molecule has 1 atom stereocenters. The third-order valence-corrected chi connectivity index (χ3v) is 8.79. The number of hydrogen-bond acceptors (Lipinski definition) is 3. The average Bonchev–Trinajstić information content (AvgIpc) is 3.03. The largest absolute Gasteiger partial charge is 0.352 e. The fraction of sp³-hybridized carbons (Fsp3) is 0.486. The maximum Gasteiger partial charge on any atom is 0.251 e. The molecule has 5 nitrogen and oxygen atoms in total. The van der Waals surface area contributed by atoms with E-state index in [0.29, 0.717) is 35.0 Å². The molecule has 1 saturated carbocycles. The monoisotopic (exact) mass is 604 g/mol. The fourth-order valence-electron chi connectivity index (χ4n) is 5.70. The minimum Gasteiger partial charge on any atom is -0.352 e. The fourth-order valence-corrected chi connectivity index (χ4v) is 5.70. The Labute approximate surface area is 263 Å². The lowest BCUT2D eigenvalue weighted by atomic mass is 9.78. The molecular formula is C37H50F2N4O. The van der Waals surface area contributed by atoms with Crippen LogP contribution in [0.3, 0.4) is 0 Å². The topological polar surface area (TPSA) is 65.8 Å². The van der Waals surface area contributed by atoms with Crippen LogP contribution in [0.15, 0.2) is 58.8 Å². The Hall–Kier alpha value is -3.61. The SMILES string of the molecule is C/C=C\N=C(Nc1ccc(C(=O)NCC2CCC(CC(C)CC)CC2)c(CC)c1)C(C)=N/C=C(\C)c1ccc(C)c(F)c1F. The predicted octanol–water partition coefficient (Wildman–Crippen LogP) is 9.67. The maximum atomic E-state index is 14.5. The highest BCUT2D eigenvalue weighted by molar-refractivity contribution is 6.45. The van der Waals surface area contributed by atoms with Crippen LogP contribution in [-0.2, 0) is 6.42 Å². The first-order chi connectivity index (χ1) is 21.1. The van der Waals surface area contributed by atoms with E-state index in [1.807, 2.05) is 38.1 Å². The number of rotatable bonds is 12. The van der Waals surface area contributed by atoms with Crippen molar-refractivity contribution in [3.8, 4) is 0 Å². The van der Waals surface area contributed by atoms with Gasteiger partial charge in [0.05, 0.1) is 5.71 Å². The van der Waals surface area contributed by atoms with E-state index >= 15 is 0 Å². The second-order valence-electron chi connectivity index (χ2n) is 12.2. The number of nitrogens with zero attached hydrogens (tertiary/aromatic N) is 2. The number of allylic oxidation sites excluding steroid dienone is 2. The highest BCUT2D eigenvalue weighted by atomic mass is 19.2. The van der Waals surface area contributed by atoms with Crippen molar-refractivity contribution in [1.29, 1.82) is 0 Å². The third kappa shape index (κ3) is 9.70. The molecule has 2 N–H and O–H groups in total. The Morgan fingerprint density at radius 2 is 1.68 bits per heavy atom. The standard InChI is InChI=1S/C37H50F2N4O/c1-8-19-40-36(27(7)41-22-26(6)32-17-11-25(5)34(38)35(32)39)43-31-16-18-33(30(10-3)21-31)37(44)42-23-29-14-12-28(13-15-29)20-24(4)9-2/h8,11,16-19,21-22,24,28-29H,9-10,12-15,20,23H2,1-7H3,(H,40,43)(H,42,44)/b19-8-,26-22+,41-27?. The summed E-state index contributed by atoms with van der Waals surface area (Å²) in [5, 5.41) is 6.52. The van der Waals surface area contributed by atoms with Crippen LogP contribution in [0.25, 0.3) is 5.57 Å². The first-order valence-electron chi connectivity index (χ1n) is 16.1. The van der Waals surface area contributed by atoms with Crippen molar-refractivity contribution in [3.63, 3.8) is 0 Å². The Morgan fingerprint density at radius 3 is 2.34 bits per heavy atom. The minimum absolute atomic E-state index is 0.0314. The number of anilines is 1. The number of amides is 1. The molecule has 2 aromatic rings. The van der Waals surface area contributed by atoms with Crippen LogP contribution >= 0.6 is 0 Å². The number of amidine groups is 1. The quantitative estimate of drug-likeness (QED) is 0.187. The number of benzene rings is 2. The van der Waals surface area contributed by atoms with Gasteiger partial charge < -0.3 is 10.6 Å². The van der Waals surface area contributed by atoms with Gasteiger partial charge in [0, 0.05) is 35.8 Å². The first kappa shape index (κ1) is 34.9. The molecule has 238 valence electrons. The van der Waals surface area contributed by atoms with Gasteiger partial charge in [-0.15, -0.1) is 0 Å². The Morgan fingerprint density at radius 1 is 1.00 bits per heavy atom. The van der Waals surface area contributed by atoms with Crippen LogP contribution in [0.2, 0.25) is 0 Å². The van der Waals surface area contributed by atoms with Crippen molar-refractivity contribution >= 4 is 28.7 Å². The molecule has 44 heavy (non-hydrogen) atoms. The van der Waals surface area contributed by atoms with Gasteiger partial charge in [0.25, 0.3) is 5.91 Å². The number of nitrogens with one attached hydrogen (secondary N) is 2. The summed E-state index contributed by atoms with van der Waals surface area (Å²) >= 11 is 0. The molecule has 1 unspecified atom stereocenters. The smallest absolute Gasteiger partial charge is 0.251 e. The van der Waals surface area contributed by atoms with E-state index < -0.39 is 11.6 Å². The van der Waals surface area contributed by atoms with E-state index in [0.717, 1.165) is 29.6 Å². The summed E-state index contributed by atoms with van der Waals surface area (Å²) in [5.74, 6) is 0.919. The molecule has 0 aromatic heterocycles. The van der Waals surface area contributed by atoms with Gasteiger partial charge >= 0.3 is 0 Å². The summed E-state index contributed by atoms with van der Waals surface area (Å²) in [6.07, 6.45) is 13.2. The molecular weight excluding hydrogens is 554 g/mol. The van der Waals surface area contributed by atoms with Crippen molar-refractivity contribution in [3.05, 3.63) is 82.7 Å². The Balaban J connectivity index is 1.68. The second-order valence-corrected chi connectivity index (χ2v) is 12.2. The third-order valence-electron chi connectivity index (χ3n) is 8.79. The van der Waals surface area contributed by atoms with Crippen LogP contribution in [0.1, 0.15) is 107 Å². The van der Waals surface area contributed by atoms with E-state index in [-0.39, 0.29) is 17.0 Å². The van der Waals surface area contributed by atoms with Crippen LogP contribution in [0.5, 0.6) is 0 Å². The Bertz CT molecular complexity index is 1400. The lowest BCUT2D eigenvalue weighted by Crippen LogP contribution is -2.32. The summed E-state index contributed by atoms with van der Waals surface area (Å²) in [6.45, 7) is 14.3. The zero-order valence-electron chi connectivity index (χ0n) is 27.6. The van der Waals surface area contributed by atoms with E-state index in [1.165, 1.54) is 51.6 Å². The molecule has 0 bridgehead atoms. The van der Waals surface area contributed by atoms with Gasteiger partial charge in [0.1, 0.15) is 0 Å². The second kappa shape index (κ2) is 17.0. The Kier molecular flexibility index (Phi) is 13.5. The molecule has 0 saturated heterocycles. The van der Waals surface area contributed by atoms with Crippen molar-refractivity contribution in [2.24, 2.45) is 27.7 Å². The van der Waals surface area contributed by atoms with E-state index in [9.17, 15) is 13.6 Å². The first-order valence-corrected chi connectivity index (χ1v) is 16.1. The minimum atomic E-state index is -0.881. The number of carbonyl (C=O) groups is 1. The highest BCUT2D eigenvalue weighted by Crippen LogP contribution is 2.33. The van der Waals surface area contributed by atoms with E-state index in [1.54, 1.807) is 32.2 Å². The average molecular weight is 605 g/mol. The van der Waals surface area contributed by atoms with Crippen molar-refractivity contribution < 1.29 is 13.6 Å². The summed E-state index contributed by atoms with van der Waals surface area (Å²) in [5.41, 5.74) is 3.89. The number of aliphatic imine (C=N–C) groups is 2. The van der Waals surface area contributed by atoms with Crippen LogP contribution in [-0.4, -0.2) is 24.0 Å². The summed E-state index contributed by atoms with van der Waals surface area (Å²) in [7, 11) is 0. The van der Waals surface area contributed by atoms with Gasteiger partial charge in [-0.3, -0.25) is 9.79 Å². The van der Waals surface area contributed by atoms with Gasteiger partial charge in [-0.1, -0.05) is 58.2 Å². The number of halogens is 2. The van der Waals surface area contributed by atoms with E-state index in [2.05, 4.69) is 34.5 Å². The van der Waals surface area contributed by atoms with Gasteiger partial charge in [0.2, 0.25) is 0 Å². The molecule has 0 spiro atoms. The zero-order chi connectivity index (χ0) is 32.2. The number of aryl methyl sites for hydroxylation is 2. The molecule has 1 aliphatic rings. The predicted molar refractivity (Wildman–Crippen MR) is 181 cm³/mol. The molecule has 7 heteroatoms. The lowest BCUT2D eigenvalue weighted by molar-refractivity contribution is 0.0939. The molecule has 0 radical (unpaired) electrons. The van der Waals surface area contributed by atoms with Gasteiger partial charge in [-0.25, -0.2) is 13.8 Å². The lowest BCUT2D eigenvalue weighted by Gasteiger charge is -2.30. The van der Waals surface area contributed by atoms with Crippen LogP contribution in [0, 0.1) is 36.3 Å². The molecule has 3 rings (SSSR count). The molecule has 0 aliphatic heterocycles. The molecule has 0 heterocycles. The number of hydrogen-bond donors (Lipinski definition) is 2. The van der Waals surface area contributed by atoms with Crippen molar-refractivity contribution in [1.82, 2.24) is 5.32 Å². The summed E-state index contributed by atoms with van der Waals surface area (Å²) < 4.78 is 28.6. The van der Waals surface area contributed by atoms with Gasteiger partial charge in [-0.2, -0.15) is 0 Å².